The molecule has 0 saturated heterocycles. The Balaban J connectivity index is 0.000000845. The summed E-state index contributed by atoms with van der Waals surface area (Å²) in [4.78, 5) is 0. The molecule has 3 heteroatoms. The lowest BCUT2D eigenvalue weighted by Crippen LogP contribution is -2.27. The summed E-state index contributed by atoms with van der Waals surface area (Å²) in [6.45, 7) is 2.76. The van der Waals surface area contributed by atoms with Crippen LogP contribution >= 0.6 is 12.4 Å². The molecule has 0 aromatic heterocycles. The van der Waals surface area contributed by atoms with E-state index in [1.807, 2.05) is 6.07 Å². The Labute approximate surface area is 84.4 Å². The molecule has 1 aromatic rings. The lowest BCUT2D eigenvalue weighted by Gasteiger charge is -2.23. The van der Waals surface area contributed by atoms with Crippen molar-refractivity contribution >= 4 is 18.1 Å². The molecular formula is C10H14ClNO. The van der Waals surface area contributed by atoms with E-state index in [1.165, 1.54) is 16.8 Å². The molecule has 1 aliphatic heterocycles. The maximum absolute atomic E-state index is 9.42. The van der Waals surface area contributed by atoms with Crippen molar-refractivity contribution < 1.29 is 5.11 Å². The van der Waals surface area contributed by atoms with E-state index in [2.05, 4.69) is 24.4 Å². The normalized spacial score (nSPS) is 19.7. The SMILES string of the molecule is Cc1cccc2c1CC(O)CN2.Cl. The van der Waals surface area contributed by atoms with Gasteiger partial charge in [-0.1, -0.05) is 12.1 Å². The van der Waals surface area contributed by atoms with Crippen LogP contribution in [0.2, 0.25) is 0 Å². The third-order valence-corrected chi connectivity index (χ3v) is 2.38. The predicted octanol–water partition coefficient (Wildman–Crippen LogP) is 1.75. The topological polar surface area (TPSA) is 32.3 Å². The highest BCUT2D eigenvalue weighted by Gasteiger charge is 2.16. The molecule has 0 bridgehead atoms. The number of fused-ring (bicyclic) bond motifs is 1. The molecule has 2 rings (SSSR count). The molecule has 1 aromatic carbocycles. The smallest absolute Gasteiger partial charge is 0.0753 e. The first kappa shape index (κ1) is 10.4. The van der Waals surface area contributed by atoms with Crippen LogP contribution in [-0.4, -0.2) is 17.8 Å². The summed E-state index contributed by atoms with van der Waals surface area (Å²) in [5, 5.41) is 12.6. The van der Waals surface area contributed by atoms with Gasteiger partial charge in [0.1, 0.15) is 0 Å². The lowest BCUT2D eigenvalue weighted by molar-refractivity contribution is 0.184. The predicted molar refractivity (Wildman–Crippen MR) is 56.6 cm³/mol. The molecular weight excluding hydrogens is 186 g/mol. The van der Waals surface area contributed by atoms with Crippen LogP contribution in [0.15, 0.2) is 18.2 Å². The lowest BCUT2D eigenvalue weighted by atomic mass is 9.97. The van der Waals surface area contributed by atoms with E-state index in [-0.39, 0.29) is 18.5 Å². The summed E-state index contributed by atoms with van der Waals surface area (Å²) in [5.74, 6) is 0. The first-order chi connectivity index (χ1) is 5.77. The standard InChI is InChI=1S/C10H13NO.ClH/c1-7-3-2-4-10-9(7)5-8(12)6-11-10;/h2-4,8,11-12H,5-6H2,1H3;1H. The monoisotopic (exact) mass is 199 g/mol. The van der Waals surface area contributed by atoms with E-state index in [0.29, 0.717) is 6.54 Å². The molecule has 0 aliphatic carbocycles. The van der Waals surface area contributed by atoms with Crippen molar-refractivity contribution in [2.24, 2.45) is 0 Å². The first-order valence-corrected chi connectivity index (χ1v) is 4.28. The van der Waals surface area contributed by atoms with Gasteiger partial charge in [0.15, 0.2) is 0 Å². The number of anilines is 1. The Morgan fingerprint density at radius 1 is 1.46 bits per heavy atom. The van der Waals surface area contributed by atoms with Crippen LogP contribution in [0.5, 0.6) is 0 Å². The third-order valence-electron chi connectivity index (χ3n) is 2.38. The number of aliphatic hydroxyl groups is 1. The maximum Gasteiger partial charge on any atom is 0.0753 e. The van der Waals surface area contributed by atoms with E-state index >= 15 is 0 Å². The zero-order valence-corrected chi connectivity index (χ0v) is 8.40. The molecule has 1 atom stereocenters. The first-order valence-electron chi connectivity index (χ1n) is 4.28. The van der Waals surface area contributed by atoms with Gasteiger partial charge in [-0.25, -0.2) is 0 Å². The molecule has 0 fully saturated rings. The minimum Gasteiger partial charge on any atom is -0.391 e. The quantitative estimate of drug-likeness (QED) is 0.667. The molecule has 72 valence electrons. The number of β-amino-alcohol motifs (C(OH)–C–C–N with tert-alkyl or cyclic N) is 1. The molecule has 0 amide bonds. The Morgan fingerprint density at radius 2 is 2.23 bits per heavy atom. The van der Waals surface area contributed by atoms with Gasteiger partial charge < -0.3 is 10.4 Å². The molecule has 0 spiro atoms. The van der Waals surface area contributed by atoms with Gasteiger partial charge in [-0.3, -0.25) is 0 Å². The van der Waals surface area contributed by atoms with E-state index in [1.54, 1.807) is 0 Å². The second-order valence-corrected chi connectivity index (χ2v) is 3.34. The number of nitrogens with one attached hydrogen (secondary N) is 1. The molecule has 1 aliphatic rings. The Bertz CT molecular complexity index is 301. The summed E-state index contributed by atoms with van der Waals surface area (Å²) in [7, 11) is 0. The van der Waals surface area contributed by atoms with Crippen molar-refractivity contribution in [2.75, 3.05) is 11.9 Å². The summed E-state index contributed by atoms with van der Waals surface area (Å²) < 4.78 is 0. The van der Waals surface area contributed by atoms with Gasteiger partial charge in [0.05, 0.1) is 6.10 Å². The number of hydrogen-bond donors (Lipinski definition) is 2. The van der Waals surface area contributed by atoms with E-state index < -0.39 is 0 Å². The van der Waals surface area contributed by atoms with Crippen molar-refractivity contribution in [3.05, 3.63) is 29.3 Å². The van der Waals surface area contributed by atoms with Crippen LogP contribution in [0.3, 0.4) is 0 Å². The van der Waals surface area contributed by atoms with Gasteiger partial charge in [0.2, 0.25) is 0 Å². The van der Waals surface area contributed by atoms with Crippen LogP contribution in [0.4, 0.5) is 5.69 Å². The third kappa shape index (κ3) is 1.95. The van der Waals surface area contributed by atoms with Crippen LogP contribution < -0.4 is 5.32 Å². The van der Waals surface area contributed by atoms with Crippen molar-refractivity contribution in [3.63, 3.8) is 0 Å². The Kier molecular flexibility index (Phi) is 3.17. The number of rotatable bonds is 0. The van der Waals surface area contributed by atoms with Crippen LogP contribution in [0.1, 0.15) is 11.1 Å². The van der Waals surface area contributed by atoms with Crippen molar-refractivity contribution in [3.8, 4) is 0 Å². The molecule has 2 N–H and O–H groups in total. The number of aryl methyl sites for hydroxylation is 1. The van der Waals surface area contributed by atoms with Gasteiger partial charge in [0, 0.05) is 18.7 Å². The molecule has 0 saturated carbocycles. The van der Waals surface area contributed by atoms with Gasteiger partial charge in [-0.05, 0) is 24.1 Å². The van der Waals surface area contributed by atoms with E-state index in [9.17, 15) is 5.11 Å². The average Bonchev–Trinajstić information content (AvgIpc) is 2.07. The minimum atomic E-state index is -0.224. The second kappa shape index (κ2) is 3.99. The fourth-order valence-corrected chi connectivity index (χ4v) is 1.67. The Hall–Kier alpha value is -0.730. The highest BCUT2D eigenvalue weighted by molar-refractivity contribution is 5.85. The fourth-order valence-electron chi connectivity index (χ4n) is 1.67. The van der Waals surface area contributed by atoms with Crippen LogP contribution in [0, 0.1) is 6.92 Å². The number of hydrogen-bond acceptors (Lipinski definition) is 2. The summed E-state index contributed by atoms with van der Waals surface area (Å²) in [6, 6.07) is 6.19. The number of benzene rings is 1. The zero-order valence-electron chi connectivity index (χ0n) is 7.58. The van der Waals surface area contributed by atoms with Gasteiger partial charge in [-0.2, -0.15) is 0 Å². The van der Waals surface area contributed by atoms with Gasteiger partial charge in [0.25, 0.3) is 0 Å². The van der Waals surface area contributed by atoms with E-state index in [0.717, 1.165) is 6.42 Å². The summed E-state index contributed by atoms with van der Waals surface area (Å²) in [5.41, 5.74) is 3.70. The second-order valence-electron chi connectivity index (χ2n) is 3.34. The van der Waals surface area contributed by atoms with Gasteiger partial charge in [-0.15, -0.1) is 12.4 Å². The molecule has 2 nitrogen and oxygen atoms in total. The van der Waals surface area contributed by atoms with Crippen LogP contribution in [0.25, 0.3) is 0 Å². The number of aliphatic hydroxyl groups excluding tert-OH is 1. The van der Waals surface area contributed by atoms with Crippen molar-refractivity contribution in [1.29, 1.82) is 0 Å². The summed E-state index contributed by atoms with van der Waals surface area (Å²) >= 11 is 0. The summed E-state index contributed by atoms with van der Waals surface area (Å²) in [6.07, 6.45) is 0.563. The minimum absolute atomic E-state index is 0. The average molecular weight is 200 g/mol. The molecule has 0 radical (unpaired) electrons. The highest BCUT2D eigenvalue weighted by Crippen LogP contribution is 2.24. The highest BCUT2D eigenvalue weighted by atomic mass is 35.5. The largest absolute Gasteiger partial charge is 0.391 e. The van der Waals surface area contributed by atoms with Crippen molar-refractivity contribution in [2.45, 2.75) is 19.4 Å². The van der Waals surface area contributed by atoms with Crippen LogP contribution in [-0.2, 0) is 6.42 Å². The van der Waals surface area contributed by atoms with Gasteiger partial charge >= 0.3 is 0 Å². The van der Waals surface area contributed by atoms with Crippen molar-refractivity contribution in [1.82, 2.24) is 0 Å². The zero-order chi connectivity index (χ0) is 8.55. The maximum atomic E-state index is 9.42. The Morgan fingerprint density at radius 3 is 3.00 bits per heavy atom. The number of halogens is 1. The molecule has 1 heterocycles. The molecule has 13 heavy (non-hydrogen) atoms. The van der Waals surface area contributed by atoms with E-state index in [4.69, 9.17) is 0 Å². The fraction of sp³-hybridized carbons (Fsp3) is 0.400. The molecule has 1 unspecified atom stereocenters.